The Bertz CT molecular complexity index is 1570. The van der Waals surface area contributed by atoms with E-state index in [1.54, 1.807) is 24.3 Å². The molecule has 2 aromatic heterocycles. The van der Waals surface area contributed by atoms with Crippen molar-refractivity contribution in [2.75, 3.05) is 18.1 Å². The molecule has 0 bridgehead atoms. The highest BCUT2D eigenvalue weighted by molar-refractivity contribution is 6.30. The molecule has 2 aliphatic heterocycles. The number of amides is 1. The molecule has 12 heteroatoms. The van der Waals surface area contributed by atoms with Gasteiger partial charge >= 0.3 is 6.29 Å². The van der Waals surface area contributed by atoms with Gasteiger partial charge in [0.2, 0.25) is 5.91 Å². The standard InChI is InChI=1S/C24H16ClF2N3O6/c25-14-3-1-2-13(8-14)21-22-17(6-7-34-22)23(32)29(28-21)10-20(31)30(16-11-33-12-16)15-4-5-18-19(9-15)36-24(26,27)35-18/h1-9,16H,10-12H2. The van der Waals surface area contributed by atoms with Gasteiger partial charge in [-0.15, -0.1) is 8.78 Å². The molecule has 184 valence electrons. The summed E-state index contributed by atoms with van der Waals surface area (Å²) in [5.74, 6) is -0.840. The maximum Gasteiger partial charge on any atom is 0.586 e. The molecule has 6 rings (SSSR count). The summed E-state index contributed by atoms with van der Waals surface area (Å²) in [5.41, 5.74) is 0.985. The van der Waals surface area contributed by atoms with Gasteiger partial charge in [-0.25, -0.2) is 4.68 Å². The quantitative estimate of drug-likeness (QED) is 0.395. The third kappa shape index (κ3) is 3.86. The number of hydrogen-bond donors (Lipinski definition) is 0. The van der Waals surface area contributed by atoms with Crippen LogP contribution in [0.15, 0.2) is 64.0 Å². The van der Waals surface area contributed by atoms with Gasteiger partial charge in [-0.3, -0.25) is 9.59 Å². The minimum Gasteiger partial charge on any atom is -0.462 e. The van der Waals surface area contributed by atoms with Crippen LogP contribution < -0.4 is 19.9 Å². The number of aromatic nitrogens is 2. The maximum absolute atomic E-state index is 13.5. The van der Waals surface area contributed by atoms with Crippen molar-refractivity contribution in [3.8, 4) is 22.8 Å². The minimum atomic E-state index is -3.79. The Morgan fingerprint density at radius 2 is 1.94 bits per heavy atom. The second-order valence-electron chi connectivity index (χ2n) is 8.24. The van der Waals surface area contributed by atoms with Gasteiger partial charge in [0.25, 0.3) is 5.56 Å². The first-order valence-electron chi connectivity index (χ1n) is 10.8. The molecule has 0 atom stereocenters. The summed E-state index contributed by atoms with van der Waals surface area (Å²) in [6.07, 6.45) is -2.42. The van der Waals surface area contributed by atoms with Crippen LogP contribution in [-0.2, 0) is 16.1 Å². The third-order valence-electron chi connectivity index (χ3n) is 5.87. The first kappa shape index (κ1) is 22.5. The number of benzene rings is 2. The summed E-state index contributed by atoms with van der Waals surface area (Å²) >= 11 is 6.13. The van der Waals surface area contributed by atoms with E-state index in [0.717, 1.165) is 4.68 Å². The van der Waals surface area contributed by atoms with Crippen molar-refractivity contribution in [1.82, 2.24) is 9.78 Å². The molecule has 0 saturated carbocycles. The molecule has 1 saturated heterocycles. The van der Waals surface area contributed by atoms with Crippen LogP contribution in [0.2, 0.25) is 5.02 Å². The van der Waals surface area contributed by atoms with Gasteiger partial charge < -0.3 is 23.5 Å². The fraction of sp³-hybridized carbons (Fsp3) is 0.208. The smallest absolute Gasteiger partial charge is 0.462 e. The number of rotatable bonds is 5. The van der Waals surface area contributed by atoms with Crippen LogP contribution in [0.5, 0.6) is 11.5 Å². The highest BCUT2D eigenvalue weighted by atomic mass is 35.5. The minimum absolute atomic E-state index is 0.143. The topological polar surface area (TPSA) is 96.0 Å². The average molecular weight is 516 g/mol. The lowest BCUT2D eigenvalue weighted by atomic mass is 10.1. The van der Waals surface area contributed by atoms with Crippen LogP contribution >= 0.6 is 11.6 Å². The fourth-order valence-corrected chi connectivity index (χ4v) is 4.36. The molecule has 4 heterocycles. The second-order valence-corrected chi connectivity index (χ2v) is 8.68. The molecule has 1 fully saturated rings. The summed E-state index contributed by atoms with van der Waals surface area (Å²) < 4.78 is 47.8. The molecular formula is C24H16ClF2N3O6. The first-order chi connectivity index (χ1) is 17.3. The molecule has 0 radical (unpaired) electrons. The van der Waals surface area contributed by atoms with Gasteiger partial charge in [0.1, 0.15) is 12.2 Å². The zero-order valence-corrected chi connectivity index (χ0v) is 19.1. The Labute approximate surface area is 206 Å². The molecule has 2 aliphatic rings. The van der Waals surface area contributed by atoms with Gasteiger partial charge in [-0.1, -0.05) is 23.7 Å². The third-order valence-corrected chi connectivity index (χ3v) is 6.10. The zero-order chi connectivity index (χ0) is 25.0. The fourth-order valence-electron chi connectivity index (χ4n) is 4.17. The van der Waals surface area contributed by atoms with E-state index in [1.165, 1.54) is 35.4 Å². The van der Waals surface area contributed by atoms with E-state index in [-0.39, 0.29) is 41.7 Å². The van der Waals surface area contributed by atoms with E-state index in [0.29, 0.717) is 22.0 Å². The van der Waals surface area contributed by atoms with Gasteiger partial charge in [0.15, 0.2) is 17.1 Å². The Morgan fingerprint density at radius 1 is 1.14 bits per heavy atom. The van der Waals surface area contributed by atoms with E-state index in [9.17, 15) is 18.4 Å². The molecule has 1 amide bonds. The highest BCUT2D eigenvalue weighted by Gasteiger charge is 2.44. The predicted molar refractivity (Wildman–Crippen MR) is 123 cm³/mol. The van der Waals surface area contributed by atoms with Gasteiger partial charge in [-0.05, 0) is 30.3 Å². The Morgan fingerprint density at radius 3 is 2.69 bits per heavy atom. The average Bonchev–Trinajstić information content (AvgIpc) is 3.40. The lowest BCUT2D eigenvalue weighted by Crippen LogP contribution is -2.53. The zero-order valence-electron chi connectivity index (χ0n) is 18.3. The van der Waals surface area contributed by atoms with Crippen LogP contribution in [-0.4, -0.2) is 41.2 Å². The van der Waals surface area contributed by atoms with E-state index < -0.39 is 24.3 Å². The Balaban J connectivity index is 1.38. The second kappa shape index (κ2) is 8.32. The molecule has 36 heavy (non-hydrogen) atoms. The lowest BCUT2D eigenvalue weighted by molar-refractivity contribution is -0.286. The number of carbonyl (C=O) groups excluding carboxylic acids is 1. The van der Waals surface area contributed by atoms with E-state index >= 15 is 0 Å². The number of furan rings is 1. The molecule has 0 spiro atoms. The number of hydrogen-bond acceptors (Lipinski definition) is 7. The number of fused-ring (bicyclic) bond motifs is 2. The molecule has 4 aromatic rings. The summed E-state index contributed by atoms with van der Waals surface area (Å²) in [7, 11) is 0. The maximum atomic E-state index is 13.5. The number of ether oxygens (including phenoxy) is 3. The Hall–Kier alpha value is -3.96. The van der Waals surface area contributed by atoms with E-state index in [2.05, 4.69) is 14.6 Å². The van der Waals surface area contributed by atoms with Gasteiger partial charge in [0.05, 0.1) is 30.9 Å². The number of carbonyl (C=O) groups is 1. The SMILES string of the molecule is O=C(Cn1nc(-c2cccc(Cl)c2)c2occc2c1=O)N(c1ccc2c(c1)OC(F)(F)O2)C1COC1. The van der Waals surface area contributed by atoms with Crippen LogP contribution in [0, 0.1) is 0 Å². The molecule has 9 nitrogen and oxygen atoms in total. The number of alkyl halides is 2. The van der Waals surface area contributed by atoms with Crippen molar-refractivity contribution >= 4 is 34.2 Å². The van der Waals surface area contributed by atoms with Crippen molar-refractivity contribution in [2.45, 2.75) is 18.9 Å². The van der Waals surface area contributed by atoms with Crippen molar-refractivity contribution < 1.29 is 32.2 Å². The molecule has 0 unspecified atom stereocenters. The molecular weight excluding hydrogens is 500 g/mol. The molecule has 2 aromatic carbocycles. The largest absolute Gasteiger partial charge is 0.586 e. The van der Waals surface area contributed by atoms with Crippen molar-refractivity contribution in [3.63, 3.8) is 0 Å². The summed E-state index contributed by atoms with van der Waals surface area (Å²) in [6.45, 7) is 0.0645. The van der Waals surface area contributed by atoms with Crippen molar-refractivity contribution in [3.05, 3.63) is 70.2 Å². The molecule has 0 N–H and O–H groups in total. The summed E-state index contributed by atoms with van der Waals surface area (Å²) in [6, 6.07) is 12.1. The summed E-state index contributed by atoms with van der Waals surface area (Å²) in [5, 5.41) is 5.12. The number of halogens is 3. The lowest BCUT2D eigenvalue weighted by Gasteiger charge is -2.37. The van der Waals surface area contributed by atoms with Crippen LogP contribution in [0.4, 0.5) is 14.5 Å². The van der Waals surface area contributed by atoms with Crippen LogP contribution in [0.3, 0.4) is 0 Å². The normalized spacial score (nSPS) is 16.2. The number of anilines is 1. The van der Waals surface area contributed by atoms with Crippen molar-refractivity contribution in [1.29, 1.82) is 0 Å². The first-order valence-corrected chi connectivity index (χ1v) is 11.2. The van der Waals surface area contributed by atoms with Crippen molar-refractivity contribution in [2.24, 2.45) is 0 Å². The number of nitrogens with zero attached hydrogens (tertiary/aromatic N) is 3. The van der Waals surface area contributed by atoms with Crippen LogP contribution in [0.25, 0.3) is 22.2 Å². The van der Waals surface area contributed by atoms with Crippen LogP contribution in [0.1, 0.15) is 0 Å². The van der Waals surface area contributed by atoms with Gasteiger partial charge in [0, 0.05) is 22.3 Å². The Kier molecular flexibility index (Phi) is 5.20. The summed E-state index contributed by atoms with van der Waals surface area (Å²) in [4.78, 5) is 28.0. The van der Waals surface area contributed by atoms with Gasteiger partial charge in [-0.2, -0.15) is 5.10 Å². The molecule has 0 aliphatic carbocycles. The van der Waals surface area contributed by atoms with E-state index in [4.69, 9.17) is 20.8 Å². The van der Waals surface area contributed by atoms with E-state index in [1.807, 2.05) is 0 Å². The predicted octanol–water partition coefficient (Wildman–Crippen LogP) is 4.06. The monoisotopic (exact) mass is 515 g/mol. The highest BCUT2D eigenvalue weighted by Crippen LogP contribution is 2.43.